The zero-order valence-electron chi connectivity index (χ0n) is 30.8. The second kappa shape index (κ2) is 32.8. The van der Waals surface area contributed by atoms with Crippen LogP contribution in [-0.2, 0) is 19.1 Å². The van der Waals surface area contributed by atoms with Crippen molar-refractivity contribution in [1.29, 1.82) is 0 Å². The lowest BCUT2D eigenvalue weighted by Crippen LogP contribution is -2.47. The van der Waals surface area contributed by atoms with E-state index in [0.29, 0.717) is 12.8 Å². The molecule has 0 amide bonds. The van der Waals surface area contributed by atoms with Gasteiger partial charge in [0.1, 0.15) is 0 Å². The Morgan fingerprint density at radius 2 is 0.711 bits per heavy atom. The summed E-state index contributed by atoms with van der Waals surface area (Å²) in [6.07, 6.45) is 32.0. The Balaban J connectivity index is 4.01. The number of hydrogen-bond donors (Lipinski definition) is 1. The van der Waals surface area contributed by atoms with Crippen LogP contribution in [0.15, 0.2) is 0 Å². The molecular weight excluding hydrogens is 562 g/mol. The third kappa shape index (κ3) is 30.0. The molecule has 6 heteroatoms. The summed E-state index contributed by atoms with van der Waals surface area (Å²) in [6, 6.07) is 0. The number of unbranched alkanes of at least 4 members (excludes halogenated alkanes) is 24. The second-order valence-corrected chi connectivity index (χ2v) is 13.7. The molecule has 0 radical (unpaired) electrons. The molecule has 3 atom stereocenters. The maximum Gasteiger partial charge on any atom is 0.307 e. The van der Waals surface area contributed by atoms with Gasteiger partial charge in [-0.15, -0.1) is 0 Å². The average Bonchev–Trinajstić information content (AvgIpc) is 3.00. The Labute approximate surface area is 280 Å². The molecule has 0 aliphatic carbocycles. The van der Waals surface area contributed by atoms with E-state index in [1.54, 1.807) is 25.7 Å². The van der Waals surface area contributed by atoms with E-state index in [9.17, 15) is 14.7 Å². The summed E-state index contributed by atoms with van der Waals surface area (Å²) in [7, 11) is 0. The molecule has 6 nitrogen and oxygen atoms in total. The van der Waals surface area contributed by atoms with Crippen molar-refractivity contribution < 1.29 is 24.2 Å². The van der Waals surface area contributed by atoms with Crippen LogP contribution in [0, 0.1) is 0 Å². The van der Waals surface area contributed by atoms with Gasteiger partial charge < -0.3 is 14.6 Å². The van der Waals surface area contributed by atoms with Crippen molar-refractivity contribution in [1.82, 2.24) is 4.90 Å². The highest BCUT2D eigenvalue weighted by Gasteiger charge is 2.27. The van der Waals surface area contributed by atoms with Crippen LogP contribution < -0.4 is 0 Å². The van der Waals surface area contributed by atoms with Gasteiger partial charge in [-0.2, -0.15) is 0 Å². The standard InChI is InChI=1S/C39H77NO5/c1-6-8-10-12-14-16-18-20-22-24-26-28-30-32-38(42)44-36(4)40(34-35(3)41)37(5)45-39(43)33-31-29-27-25-23-21-19-17-15-13-11-9-7-2/h35-37,41H,6-34H2,1-5H3. The normalized spacial score (nSPS) is 13.6. The van der Waals surface area contributed by atoms with Crippen LogP contribution in [0.5, 0.6) is 0 Å². The van der Waals surface area contributed by atoms with E-state index in [0.717, 1.165) is 25.7 Å². The second-order valence-electron chi connectivity index (χ2n) is 13.7. The van der Waals surface area contributed by atoms with Crippen LogP contribution in [0.25, 0.3) is 0 Å². The van der Waals surface area contributed by atoms with E-state index in [2.05, 4.69) is 13.8 Å². The molecule has 0 bridgehead atoms. The number of aliphatic hydroxyl groups is 1. The maximum absolute atomic E-state index is 12.5. The molecule has 1 N–H and O–H groups in total. The van der Waals surface area contributed by atoms with Gasteiger partial charge in [0.15, 0.2) is 12.5 Å². The van der Waals surface area contributed by atoms with Gasteiger partial charge in [0.25, 0.3) is 0 Å². The summed E-state index contributed by atoms with van der Waals surface area (Å²) in [5, 5.41) is 10.0. The van der Waals surface area contributed by atoms with Gasteiger partial charge in [-0.1, -0.05) is 168 Å². The molecule has 45 heavy (non-hydrogen) atoms. The molecule has 0 spiro atoms. The van der Waals surface area contributed by atoms with E-state index in [4.69, 9.17) is 9.47 Å². The van der Waals surface area contributed by atoms with Crippen LogP contribution in [-0.4, -0.2) is 47.0 Å². The highest BCUT2D eigenvalue weighted by atomic mass is 16.6. The number of hydrogen-bond acceptors (Lipinski definition) is 6. The van der Waals surface area contributed by atoms with E-state index in [1.165, 1.54) is 141 Å². The number of nitrogens with zero attached hydrogens (tertiary/aromatic N) is 1. The third-order valence-corrected chi connectivity index (χ3v) is 8.98. The van der Waals surface area contributed by atoms with E-state index in [1.807, 2.05) is 0 Å². The molecule has 0 saturated heterocycles. The minimum absolute atomic E-state index is 0.230. The lowest BCUT2D eigenvalue weighted by Gasteiger charge is -2.34. The van der Waals surface area contributed by atoms with Crippen molar-refractivity contribution in [3.8, 4) is 0 Å². The molecule has 0 saturated carbocycles. The lowest BCUT2D eigenvalue weighted by atomic mass is 10.0. The SMILES string of the molecule is CCCCCCCCCCCCCCCC(=O)OC(C)N(CC(C)O)C(C)OC(=O)CCCCCCCCCCCCCCC. The zero-order valence-corrected chi connectivity index (χ0v) is 30.8. The highest BCUT2D eigenvalue weighted by Crippen LogP contribution is 2.17. The molecule has 0 fully saturated rings. The van der Waals surface area contributed by atoms with Crippen molar-refractivity contribution >= 4 is 11.9 Å². The first-order valence-corrected chi connectivity index (χ1v) is 19.6. The van der Waals surface area contributed by atoms with E-state index in [-0.39, 0.29) is 18.5 Å². The maximum atomic E-state index is 12.5. The van der Waals surface area contributed by atoms with Crippen molar-refractivity contribution in [2.75, 3.05) is 6.54 Å². The Bertz CT molecular complexity index is 605. The Morgan fingerprint density at radius 3 is 0.956 bits per heavy atom. The van der Waals surface area contributed by atoms with Crippen LogP contribution >= 0.6 is 0 Å². The third-order valence-electron chi connectivity index (χ3n) is 8.98. The zero-order chi connectivity index (χ0) is 33.4. The smallest absolute Gasteiger partial charge is 0.307 e. The van der Waals surface area contributed by atoms with Gasteiger partial charge in [0, 0.05) is 19.4 Å². The summed E-state index contributed by atoms with van der Waals surface area (Å²) in [4.78, 5) is 26.8. The van der Waals surface area contributed by atoms with Crippen LogP contribution in [0.1, 0.15) is 214 Å². The van der Waals surface area contributed by atoms with Gasteiger partial charge in [0.2, 0.25) is 0 Å². The minimum Gasteiger partial charge on any atom is -0.447 e. The van der Waals surface area contributed by atoms with Gasteiger partial charge >= 0.3 is 11.9 Å². The number of esters is 2. The summed E-state index contributed by atoms with van der Waals surface area (Å²) in [5.74, 6) is -0.460. The predicted octanol–water partition coefficient (Wildman–Crippen LogP) is 11.4. The minimum atomic E-state index is -0.630. The van der Waals surface area contributed by atoms with E-state index < -0.39 is 18.6 Å². The largest absolute Gasteiger partial charge is 0.447 e. The van der Waals surface area contributed by atoms with Crippen LogP contribution in [0.2, 0.25) is 0 Å². The van der Waals surface area contributed by atoms with Gasteiger partial charge in [-0.25, -0.2) is 4.90 Å². The fourth-order valence-electron chi connectivity index (χ4n) is 6.11. The summed E-state index contributed by atoms with van der Waals surface area (Å²) in [6.45, 7) is 10.1. The quantitative estimate of drug-likeness (QED) is 0.0429. The molecule has 0 aliphatic heterocycles. The molecule has 3 unspecified atom stereocenters. The molecule has 0 heterocycles. The van der Waals surface area contributed by atoms with Crippen LogP contribution in [0.3, 0.4) is 0 Å². The molecule has 0 aliphatic rings. The van der Waals surface area contributed by atoms with Gasteiger partial charge in [-0.3, -0.25) is 9.59 Å². The Morgan fingerprint density at radius 1 is 0.467 bits per heavy atom. The number of aliphatic hydroxyl groups excluding tert-OH is 1. The summed E-state index contributed by atoms with van der Waals surface area (Å²) < 4.78 is 11.4. The molecular formula is C39H77NO5. The monoisotopic (exact) mass is 640 g/mol. The van der Waals surface area contributed by atoms with Gasteiger partial charge in [-0.05, 0) is 33.6 Å². The fourth-order valence-corrected chi connectivity index (χ4v) is 6.11. The van der Waals surface area contributed by atoms with E-state index >= 15 is 0 Å². The molecule has 268 valence electrons. The summed E-state index contributed by atoms with van der Waals surface area (Å²) in [5.41, 5.74) is 0. The van der Waals surface area contributed by atoms with Crippen molar-refractivity contribution in [2.24, 2.45) is 0 Å². The number of carbonyl (C=O) groups excluding carboxylic acids is 2. The number of rotatable bonds is 34. The van der Waals surface area contributed by atoms with Crippen molar-refractivity contribution in [2.45, 2.75) is 233 Å². The number of ether oxygens (including phenoxy) is 2. The number of carbonyl (C=O) groups is 2. The molecule has 0 aromatic rings. The first kappa shape index (κ1) is 43.9. The Hall–Kier alpha value is -1.14. The van der Waals surface area contributed by atoms with Crippen LogP contribution in [0.4, 0.5) is 0 Å². The lowest BCUT2D eigenvalue weighted by molar-refractivity contribution is -0.183. The Kier molecular flexibility index (Phi) is 32.0. The van der Waals surface area contributed by atoms with Crippen molar-refractivity contribution in [3.63, 3.8) is 0 Å². The topological polar surface area (TPSA) is 76.1 Å². The highest BCUT2D eigenvalue weighted by molar-refractivity contribution is 5.70. The van der Waals surface area contributed by atoms with Gasteiger partial charge in [0.05, 0.1) is 6.10 Å². The first-order chi connectivity index (χ1) is 21.8. The molecule has 0 aromatic heterocycles. The first-order valence-electron chi connectivity index (χ1n) is 19.6. The predicted molar refractivity (Wildman–Crippen MR) is 190 cm³/mol. The molecule has 0 aromatic carbocycles. The summed E-state index contributed by atoms with van der Waals surface area (Å²) >= 11 is 0. The van der Waals surface area contributed by atoms with Crippen molar-refractivity contribution in [3.05, 3.63) is 0 Å². The fraction of sp³-hybridized carbons (Fsp3) is 0.949. The molecule has 0 rings (SSSR count). The average molecular weight is 640 g/mol.